The molecular formula is C9H8ClN3. The molecule has 0 unspecified atom stereocenters. The molecule has 4 heteroatoms. The quantitative estimate of drug-likeness (QED) is 0.651. The van der Waals surface area contributed by atoms with Crippen LogP contribution < -0.4 is 0 Å². The number of hydrogen-bond acceptors (Lipinski definition) is 2. The second-order valence-electron chi connectivity index (χ2n) is 3.37. The van der Waals surface area contributed by atoms with Gasteiger partial charge in [-0.25, -0.2) is 9.97 Å². The van der Waals surface area contributed by atoms with Gasteiger partial charge in [0.25, 0.3) is 0 Å². The zero-order valence-corrected chi connectivity index (χ0v) is 7.70. The summed E-state index contributed by atoms with van der Waals surface area (Å²) in [7, 11) is 0. The van der Waals surface area contributed by atoms with E-state index in [2.05, 4.69) is 9.97 Å². The van der Waals surface area contributed by atoms with Crippen molar-refractivity contribution in [2.45, 2.75) is 18.8 Å². The fourth-order valence-corrected chi connectivity index (χ4v) is 1.67. The average Bonchev–Trinajstić information content (AvgIpc) is 2.87. The third kappa shape index (κ3) is 1.11. The summed E-state index contributed by atoms with van der Waals surface area (Å²) in [5.74, 6) is 1.77. The van der Waals surface area contributed by atoms with Crippen LogP contribution in [0.15, 0.2) is 18.5 Å². The predicted octanol–water partition coefficient (Wildman–Crippen LogP) is 2.26. The van der Waals surface area contributed by atoms with Gasteiger partial charge in [-0.15, -0.1) is 0 Å². The van der Waals surface area contributed by atoms with E-state index >= 15 is 0 Å². The van der Waals surface area contributed by atoms with E-state index in [1.165, 1.54) is 12.8 Å². The van der Waals surface area contributed by atoms with E-state index in [4.69, 9.17) is 11.6 Å². The second kappa shape index (κ2) is 2.45. The number of fused-ring (bicyclic) bond motifs is 1. The fourth-order valence-electron chi connectivity index (χ4n) is 1.53. The molecule has 2 aromatic rings. The molecule has 0 radical (unpaired) electrons. The molecule has 3 rings (SSSR count). The first-order valence-corrected chi connectivity index (χ1v) is 4.72. The van der Waals surface area contributed by atoms with Crippen LogP contribution in [0.1, 0.15) is 24.6 Å². The monoisotopic (exact) mass is 193 g/mol. The molecule has 0 bridgehead atoms. The molecule has 1 aliphatic rings. The number of rotatable bonds is 1. The average molecular weight is 194 g/mol. The minimum Gasteiger partial charge on any atom is -0.288 e. The molecule has 1 fully saturated rings. The van der Waals surface area contributed by atoms with Crippen molar-refractivity contribution in [1.29, 1.82) is 0 Å². The molecule has 1 saturated carbocycles. The van der Waals surface area contributed by atoms with Crippen molar-refractivity contribution in [1.82, 2.24) is 14.4 Å². The maximum Gasteiger partial charge on any atom is 0.158 e. The van der Waals surface area contributed by atoms with E-state index in [-0.39, 0.29) is 0 Å². The van der Waals surface area contributed by atoms with Gasteiger partial charge in [-0.05, 0) is 18.9 Å². The zero-order valence-electron chi connectivity index (χ0n) is 6.94. The van der Waals surface area contributed by atoms with Gasteiger partial charge in [0.1, 0.15) is 11.0 Å². The molecule has 3 nitrogen and oxygen atoms in total. The van der Waals surface area contributed by atoms with Crippen molar-refractivity contribution in [2.24, 2.45) is 0 Å². The van der Waals surface area contributed by atoms with E-state index in [0.29, 0.717) is 11.1 Å². The van der Waals surface area contributed by atoms with E-state index in [1.54, 1.807) is 12.3 Å². The van der Waals surface area contributed by atoms with Gasteiger partial charge < -0.3 is 0 Å². The lowest BCUT2D eigenvalue weighted by Crippen LogP contribution is -1.92. The highest BCUT2D eigenvalue weighted by atomic mass is 35.5. The Kier molecular flexibility index (Phi) is 1.38. The van der Waals surface area contributed by atoms with Gasteiger partial charge in [-0.2, -0.15) is 0 Å². The van der Waals surface area contributed by atoms with Crippen molar-refractivity contribution in [2.75, 3.05) is 0 Å². The molecule has 2 aromatic heterocycles. The summed E-state index contributed by atoms with van der Waals surface area (Å²) in [5, 5.41) is 0.523. The molecule has 0 spiro atoms. The molecule has 2 heterocycles. The van der Waals surface area contributed by atoms with E-state index < -0.39 is 0 Å². The highest BCUT2D eigenvalue weighted by Gasteiger charge is 2.27. The highest BCUT2D eigenvalue weighted by Crippen LogP contribution is 2.39. The Balaban J connectivity index is 2.26. The van der Waals surface area contributed by atoms with Crippen molar-refractivity contribution in [3.8, 4) is 0 Å². The Bertz CT molecular complexity index is 459. The summed E-state index contributed by atoms with van der Waals surface area (Å²) in [5.41, 5.74) is 0.842. The molecule has 66 valence electrons. The lowest BCUT2D eigenvalue weighted by Gasteiger charge is -1.97. The third-order valence-electron chi connectivity index (χ3n) is 2.33. The highest BCUT2D eigenvalue weighted by molar-refractivity contribution is 6.29. The lowest BCUT2D eigenvalue weighted by atomic mass is 10.4. The van der Waals surface area contributed by atoms with Gasteiger partial charge in [0, 0.05) is 12.1 Å². The normalized spacial score (nSPS) is 16.7. The Hall–Kier alpha value is -1.09. The number of hydrogen-bond donors (Lipinski definition) is 0. The maximum atomic E-state index is 5.77. The number of aromatic nitrogens is 3. The topological polar surface area (TPSA) is 30.2 Å². The Labute approximate surface area is 80.4 Å². The van der Waals surface area contributed by atoms with Crippen molar-refractivity contribution < 1.29 is 0 Å². The maximum absolute atomic E-state index is 5.77. The molecular weight excluding hydrogens is 186 g/mol. The first-order chi connectivity index (χ1) is 6.34. The van der Waals surface area contributed by atoms with Gasteiger partial charge >= 0.3 is 0 Å². The molecule has 0 aromatic carbocycles. The zero-order chi connectivity index (χ0) is 8.84. The predicted molar refractivity (Wildman–Crippen MR) is 50.0 cm³/mol. The lowest BCUT2D eigenvalue weighted by molar-refractivity contribution is 0.913. The van der Waals surface area contributed by atoms with Crippen LogP contribution in [0.5, 0.6) is 0 Å². The van der Waals surface area contributed by atoms with Gasteiger partial charge in [-0.3, -0.25) is 4.40 Å². The van der Waals surface area contributed by atoms with Gasteiger partial charge in [0.2, 0.25) is 0 Å². The van der Waals surface area contributed by atoms with E-state index in [9.17, 15) is 0 Å². The van der Waals surface area contributed by atoms with Crippen LogP contribution in [-0.4, -0.2) is 14.4 Å². The van der Waals surface area contributed by atoms with Crippen LogP contribution in [0.2, 0.25) is 5.15 Å². The summed E-state index contributed by atoms with van der Waals surface area (Å²) in [6.45, 7) is 0. The number of imidazole rings is 1. The van der Waals surface area contributed by atoms with Crippen molar-refractivity contribution in [3.63, 3.8) is 0 Å². The smallest absolute Gasteiger partial charge is 0.158 e. The first-order valence-electron chi connectivity index (χ1n) is 4.34. The van der Waals surface area contributed by atoms with Crippen LogP contribution >= 0.6 is 11.6 Å². The Morgan fingerprint density at radius 3 is 3.08 bits per heavy atom. The molecule has 0 N–H and O–H groups in total. The van der Waals surface area contributed by atoms with Crippen LogP contribution in [0.4, 0.5) is 0 Å². The Morgan fingerprint density at radius 1 is 1.46 bits per heavy atom. The van der Waals surface area contributed by atoms with Crippen LogP contribution in [0.3, 0.4) is 0 Å². The number of nitrogens with zero attached hydrogens (tertiary/aromatic N) is 3. The van der Waals surface area contributed by atoms with Gasteiger partial charge in [0.15, 0.2) is 5.65 Å². The molecule has 1 aliphatic carbocycles. The van der Waals surface area contributed by atoms with Crippen LogP contribution in [0.25, 0.3) is 5.65 Å². The summed E-state index contributed by atoms with van der Waals surface area (Å²) >= 11 is 5.77. The summed E-state index contributed by atoms with van der Waals surface area (Å²) in [4.78, 5) is 8.51. The van der Waals surface area contributed by atoms with Gasteiger partial charge in [-0.1, -0.05) is 11.6 Å². The molecule has 0 aliphatic heterocycles. The van der Waals surface area contributed by atoms with Crippen molar-refractivity contribution >= 4 is 17.2 Å². The molecule has 0 amide bonds. The molecule has 0 atom stereocenters. The SMILES string of the molecule is Clc1ccn2c(C3CC3)ncc2n1. The van der Waals surface area contributed by atoms with Crippen LogP contribution in [0, 0.1) is 0 Å². The minimum absolute atomic E-state index is 0.523. The molecule has 13 heavy (non-hydrogen) atoms. The van der Waals surface area contributed by atoms with Gasteiger partial charge in [0.05, 0.1) is 6.20 Å². The number of halogens is 1. The van der Waals surface area contributed by atoms with Crippen LogP contribution in [-0.2, 0) is 0 Å². The standard InChI is InChI=1S/C9H8ClN3/c10-7-3-4-13-8(12-7)5-11-9(13)6-1-2-6/h3-6H,1-2H2. The third-order valence-corrected chi connectivity index (χ3v) is 2.54. The molecule has 0 saturated heterocycles. The van der Waals surface area contributed by atoms with E-state index in [1.807, 2.05) is 10.6 Å². The Morgan fingerprint density at radius 2 is 2.31 bits per heavy atom. The minimum atomic E-state index is 0.523. The largest absolute Gasteiger partial charge is 0.288 e. The second-order valence-corrected chi connectivity index (χ2v) is 3.76. The summed E-state index contributed by atoms with van der Waals surface area (Å²) in [6, 6.07) is 1.79. The summed E-state index contributed by atoms with van der Waals surface area (Å²) in [6.07, 6.45) is 6.22. The first kappa shape index (κ1) is 7.33. The fraction of sp³-hybridized carbons (Fsp3) is 0.333. The van der Waals surface area contributed by atoms with Crippen molar-refractivity contribution in [3.05, 3.63) is 29.4 Å². The van der Waals surface area contributed by atoms with E-state index in [0.717, 1.165) is 11.5 Å². The summed E-state index contributed by atoms with van der Waals surface area (Å²) < 4.78 is 2.02.